The molecular weight excluding hydrogens is 396 g/mol. The number of ether oxygens (including phenoxy) is 2. The number of carbonyl (C=O) groups excluding carboxylic acids is 1. The molecule has 3 aliphatic rings. The molecule has 1 amide bonds. The van der Waals surface area contributed by atoms with Crippen LogP contribution in [0.1, 0.15) is 29.9 Å². The first-order valence-corrected chi connectivity index (χ1v) is 10.7. The van der Waals surface area contributed by atoms with Gasteiger partial charge in [-0.2, -0.15) is 0 Å². The highest BCUT2D eigenvalue weighted by Gasteiger charge is 2.54. The molecule has 31 heavy (non-hydrogen) atoms. The number of fused-ring (bicyclic) bond motifs is 3. The average Bonchev–Trinajstić information content (AvgIpc) is 3.31. The fourth-order valence-electron chi connectivity index (χ4n) is 5.15. The van der Waals surface area contributed by atoms with Gasteiger partial charge in [-0.15, -0.1) is 0 Å². The number of carbonyl (C=O) groups is 2. The van der Waals surface area contributed by atoms with E-state index in [9.17, 15) is 14.7 Å². The lowest BCUT2D eigenvalue weighted by atomic mass is 9.98. The summed E-state index contributed by atoms with van der Waals surface area (Å²) >= 11 is 0. The van der Waals surface area contributed by atoms with Gasteiger partial charge in [0.2, 0.25) is 0 Å². The van der Waals surface area contributed by atoms with E-state index in [-0.39, 0.29) is 19.1 Å². The van der Waals surface area contributed by atoms with Crippen LogP contribution in [0.4, 0.5) is 4.79 Å². The van der Waals surface area contributed by atoms with Gasteiger partial charge in [0.05, 0.1) is 6.61 Å². The van der Waals surface area contributed by atoms with Crippen molar-refractivity contribution in [3.05, 3.63) is 59.7 Å². The Morgan fingerprint density at radius 1 is 1.06 bits per heavy atom. The van der Waals surface area contributed by atoms with E-state index in [2.05, 4.69) is 29.2 Å². The minimum Gasteiger partial charge on any atom is -0.480 e. The molecule has 5 rings (SSSR count). The van der Waals surface area contributed by atoms with Gasteiger partial charge in [0.1, 0.15) is 12.3 Å². The van der Waals surface area contributed by atoms with Gasteiger partial charge in [0.25, 0.3) is 0 Å². The molecule has 2 aromatic carbocycles. The largest absolute Gasteiger partial charge is 0.480 e. The first-order valence-electron chi connectivity index (χ1n) is 10.7. The number of benzene rings is 2. The highest BCUT2D eigenvalue weighted by Crippen LogP contribution is 2.45. The van der Waals surface area contributed by atoms with E-state index in [0.29, 0.717) is 12.8 Å². The van der Waals surface area contributed by atoms with Gasteiger partial charge in [-0.1, -0.05) is 48.5 Å². The normalized spacial score (nSPS) is 22.4. The van der Waals surface area contributed by atoms with Crippen molar-refractivity contribution in [3.63, 3.8) is 0 Å². The number of nitrogens with zero attached hydrogens (tertiary/aromatic N) is 2. The van der Waals surface area contributed by atoms with Crippen LogP contribution >= 0.6 is 0 Å². The van der Waals surface area contributed by atoms with Gasteiger partial charge < -0.3 is 19.5 Å². The second kappa shape index (κ2) is 7.66. The van der Waals surface area contributed by atoms with Crippen LogP contribution in [0.2, 0.25) is 0 Å². The van der Waals surface area contributed by atoms with Crippen molar-refractivity contribution in [3.8, 4) is 11.1 Å². The molecule has 2 aromatic rings. The van der Waals surface area contributed by atoms with Crippen molar-refractivity contribution in [1.82, 2.24) is 9.80 Å². The summed E-state index contributed by atoms with van der Waals surface area (Å²) in [6, 6.07) is 15.2. The summed E-state index contributed by atoms with van der Waals surface area (Å²) in [5.74, 6) is -1.14. The molecule has 7 heteroatoms. The zero-order valence-electron chi connectivity index (χ0n) is 17.5. The van der Waals surface area contributed by atoms with Crippen LogP contribution in [0, 0.1) is 0 Å². The fourth-order valence-corrected chi connectivity index (χ4v) is 5.15. The summed E-state index contributed by atoms with van der Waals surface area (Å²) in [6.07, 6.45) is 0.519. The van der Waals surface area contributed by atoms with Gasteiger partial charge >= 0.3 is 12.1 Å². The predicted molar refractivity (Wildman–Crippen MR) is 114 cm³/mol. The molecule has 1 N–H and O–H groups in total. The third-order valence-electron chi connectivity index (χ3n) is 6.85. The summed E-state index contributed by atoms with van der Waals surface area (Å²) < 4.78 is 11.7. The molecule has 2 saturated heterocycles. The number of hydrogen-bond acceptors (Lipinski definition) is 5. The lowest BCUT2D eigenvalue weighted by Gasteiger charge is -2.42. The highest BCUT2D eigenvalue weighted by atomic mass is 16.6. The van der Waals surface area contributed by atoms with Crippen LogP contribution < -0.4 is 0 Å². The minimum atomic E-state index is -1.07. The maximum absolute atomic E-state index is 13.2. The molecule has 7 nitrogen and oxygen atoms in total. The van der Waals surface area contributed by atoms with Crippen molar-refractivity contribution in [2.24, 2.45) is 0 Å². The number of aliphatic carboxylic acids is 1. The van der Waals surface area contributed by atoms with Gasteiger partial charge in [-0.05, 0) is 29.3 Å². The van der Waals surface area contributed by atoms with Crippen molar-refractivity contribution >= 4 is 12.1 Å². The van der Waals surface area contributed by atoms with Crippen LogP contribution in [0.5, 0.6) is 0 Å². The number of amides is 1. The molecule has 0 aromatic heterocycles. The maximum Gasteiger partial charge on any atom is 0.412 e. The molecule has 1 unspecified atom stereocenters. The molecule has 0 saturated carbocycles. The molecule has 1 aliphatic carbocycles. The van der Waals surface area contributed by atoms with E-state index >= 15 is 0 Å². The Kier molecular flexibility index (Phi) is 4.95. The molecule has 1 atom stereocenters. The van der Waals surface area contributed by atoms with Gasteiger partial charge in [0.15, 0.2) is 6.04 Å². The maximum atomic E-state index is 13.2. The third-order valence-corrected chi connectivity index (χ3v) is 6.85. The summed E-state index contributed by atoms with van der Waals surface area (Å²) in [4.78, 5) is 28.6. The Morgan fingerprint density at radius 2 is 1.65 bits per heavy atom. The van der Waals surface area contributed by atoms with E-state index in [4.69, 9.17) is 9.47 Å². The Balaban J connectivity index is 1.39. The number of carboxylic acid groups (broad SMARTS) is 1. The van der Waals surface area contributed by atoms with Crippen molar-refractivity contribution in [2.45, 2.75) is 30.5 Å². The lowest BCUT2D eigenvalue weighted by molar-refractivity contribution is -0.145. The topological polar surface area (TPSA) is 79.3 Å². The van der Waals surface area contributed by atoms with E-state index in [1.54, 1.807) is 0 Å². The second-order valence-electron chi connectivity index (χ2n) is 8.59. The average molecular weight is 422 g/mol. The number of likely N-dealkylation sites (tertiary alicyclic amines) is 1. The third kappa shape index (κ3) is 3.28. The molecular formula is C24H26N2O5. The molecule has 1 spiro atoms. The first-order chi connectivity index (χ1) is 15.0. The Labute approximate surface area is 181 Å². The quantitative estimate of drug-likeness (QED) is 0.819. The molecule has 2 fully saturated rings. The highest BCUT2D eigenvalue weighted by molar-refractivity contribution is 5.82. The minimum absolute atomic E-state index is 0.0107. The molecule has 0 radical (unpaired) electrons. The number of carboxylic acids is 1. The molecule has 2 heterocycles. The summed E-state index contributed by atoms with van der Waals surface area (Å²) in [6.45, 7) is 1.62. The summed E-state index contributed by atoms with van der Waals surface area (Å²) in [5.41, 5.74) is 3.65. The van der Waals surface area contributed by atoms with Crippen LogP contribution in [-0.4, -0.2) is 72.1 Å². The zero-order valence-corrected chi connectivity index (χ0v) is 17.5. The van der Waals surface area contributed by atoms with Crippen molar-refractivity contribution < 1.29 is 24.2 Å². The van der Waals surface area contributed by atoms with Gasteiger partial charge in [0, 0.05) is 31.8 Å². The smallest absolute Gasteiger partial charge is 0.412 e. The van der Waals surface area contributed by atoms with Crippen molar-refractivity contribution in [1.29, 1.82) is 0 Å². The predicted octanol–water partition coefficient (Wildman–Crippen LogP) is 3.14. The molecule has 0 bridgehead atoms. The Morgan fingerprint density at radius 3 is 2.23 bits per heavy atom. The second-order valence-corrected chi connectivity index (χ2v) is 8.59. The zero-order chi connectivity index (χ0) is 21.6. The standard InChI is InChI=1S/C24H26N2O5/c1-25-12-10-24(11-13-25)26(21(15-31-24)22(27)28)23(29)30-14-20-18-8-4-2-6-16(18)17-7-3-5-9-19(17)20/h2-9,20-21H,10-15H2,1H3,(H,27,28). The summed E-state index contributed by atoms with van der Waals surface area (Å²) in [5, 5.41) is 9.70. The Hall–Kier alpha value is -2.90. The fraction of sp³-hybridized carbons (Fsp3) is 0.417. The number of rotatable bonds is 3. The number of piperidine rings is 1. The van der Waals surface area contributed by atoms with Gasteiger partial charge in [-0.3, -0.25) is 4.90 Å². The van der Waals surface area contributed by atoms with E-state index in [1.807, 2.05) is 31.3 Å². The van der Waals surface area contributed by atoms with Gasteiger partial charge in [-0.25, -0.2) is 9.59 Å². The lowest BCUT2D eigenvalue weighted by Crippen LogP contribution is -2.58. The van der Waals surface area contributed by atoms with Crippen molar-refractivity contribution in [2.75, 3.05) is 33.4 Å². The van der Waals surface area contributed by atoms with Crippen LogP contribution in [0.15, 0.2) is 48.5 Å². The monoisotopic (exact) mass is 422 g/mol. The molecule has 162 valence electrons. The number of hydrogen-bond donors (Lipinski definition) is 1. The van der Waals surface area contributed by atoms with Crippen LogP contribution in [0.3, 0.4) is 0 Å². The molecule has 2 aliphatic heterocycles. The van der Waals surface area contributed by atoms with E-state index in [0.717, 1.165) is 35.3 Å². The van der Waals surface area contributed by atoms with Crippen LogP contribution in [-0.2, 0) is 14.3 Å². The van der Waals surface area contributed by atoms with E-state index < -0.39 is 23.8 Å². The van der Waals surface area contributed by atoms with Crippen LogP contribution in [0.25, 0.3) is 11.1 Å². The van der Waals surface area contributed by atoms with E-state index in [1.165, 1.54) is 4.90 Å². The Bertz CT molecular complexity index is 969. The summed E-state index contributed by atoms with van der Waals surface area (Å²) in [7, 11) is 2.01. The first kappa shape index (κ1) is 20.0. The SMILES string of the molecule is CN1CCC2(CC1)OCC(C(=O)O)N2C(=O)OCC1c2ccccc2-c2ccccc21.